The van der Waals surface area contributed by atoms with Crippen LogP contribution in [0, 0.1) is 24.2 Å². The number of hydrogen-bond acceptors (Lipinski definition) is 7. The number of piperidine rings is 1. The number of rotatable bonds is 3. The van der Waals surface area contributed by atoms with Gasteiger partial charge in [0.25, 0.3) is 5.56 Å². The van der Waals surface area contributed by atoms with Gasteiger partial charge in [-0.05, 0) is 18.8 Å². The van der Waals surface area contributed by atoms with Gasteiger partial charge in [0.05, 0.1) is 0 Å². The molecule has 0 amide bonds. The molecule has 0 spiro atoms. The number of nitrogens with zero attached hydrogens (tertiary/aromatic N) is 6. The topological polar surface area (TPSA) is 110 Å². The number of aryl methyl sites for hydroxylation is 1. The molecule has 9 nitrogen and oxygen atoms in total. The fourth-order valence-electron chi connectivity index (χ4n) is 3.41. The zero-order valence-electron chi connectivity index (χ0n) is 14.5. The number of anilines is 1. The molecule has 1 atom stereocenters. The second-order valence-electron chi connectivity index (χ2n) is 6.40. The van der Waals surface area contributed by atoms with Crippen molar-refractivity contribution >= 4 is 5.82 Å². The molecule has 3 heterocycles. The first-order chi connectivity index (χ1) is 11.9. The van der Waals surface area contributed by atoms with Gasteiger partial charge in [0.15, 0.2) is 11.4 Å². The molecule has 0 bridgehead atoms. The monoisotopic (exact) mass is 344 g/mol. The molecule has 25 heavy (non-hydrogen) atoms. The molecule has 0 saturated carbocycles. The lowest BCUT2D eigenvalue weighted by Gasteiger charge is -2.35. The lowest BCUT2D eigenvalue weighted by atomic mass is 9.94. The molecule has 2 aromatic rings. The highest BCUT2D eigenvalue weighted by molar-refractivity contribution is 5.53. The Bertz CT molecular complexity index is 948. The van der Waals surface area contributed by atoms with Gasteiger partial charge >= 0.3 is 5.69 Å². The van der Waals surface area contributed by atoms with Crippen LogP contribution in [-0.4, -0.2) is 32.4 Å². The summed E-state index contributed by atoms with van der Waals surface area (Å²) in [5, 5.41) is 13.4. The van der Waals surface area contributed by atoms with Crippen LogP contribution in [0.1, 0.15) is 30.1 Å². The van der Waals surface area contributed by atoms with Crippen molar-refractivity contribution in [2.75, 3.05) is 18.0 Å². The van der Waals surface area contributed by atoms with Crippen molar-refractivity contribution < 1.29 is 4.52 Å². The molecule has 132 valence electrons. The third-order valence-electron chi connectivity index (χ3n) is 4.60. The highest BCUT2D eigenvalue weighted by atomic mass is 16.5. The molecule has 9 heteroatoms. The molecule has 0 radical (unpaired) electrons. The van der Waals surface area contributed by atoms with E-state index in [9.17, 15) is 14.9 Å². The summed E-state index contributed by atoms with van der Waals surface area (Å²) in [7, 11) is 2.97. The van der Waals surface area contributed by atoms with Crippen LogP contribution in [0.15, 0.2) is 14.1 Å². The zero-order chi connectivity index (χ0) is 18.1. The van der Waals surface area contributed by atoms with Crippen molar-refractivity contribution in [3.05, 3.63) is 38.1 Å². The van der Waals surface area contributed by atoms with E-state index >= 15 is 0 Å². The van der Waals surface area contributed by atoms with Crippen LogP contribution >= 0.6 is 0 Å². The average molecular weight is 344 g/mol. The quantitative estimate of drug-likeness (QED) is 0.777. The zero-order valence-corrected chi connectivity index (χ0v) is 14.5. The fraction of sp³-hybridized carbons (Fsp3) is 0.562. The lowest BCUT2D eigenvalue weighted by molar-refractivity contribution is 0.368. The first-order valence-corrected chi connectivity index (χ1v) is 8.16. The summed E-state index contributed by atoms with van der Waals surface area (Å²) in [6.07, 6.45) is 2.55. The van der Waals surface area contributed by atoms with E-state index in [4.69, 9.17) is 4.52 Å². The minimum atomic E-state index is -0.559. The summed E-state index contributed by atoms with van der Waals surface area (Å²) >= 11 is 0. The molecule has 1 aliphatic heterocycles. The Morgan fingerprint density at radius 3 is 2.72 bits per heavy atom. The Hall–Kier alpha value is -2.89. The van der Waals surface area contributed by atoms with Crippen molar-refractivity contribution in [1.29, 1.82) is 5.26 Å². The summed E-state index contributed by atoms with van der Waals surface area (Å²) in [6.45, 7) is 3.07. The normalized spacial score (nSPS) is 17.5. The second-order valence-corrected chi connectivity index (χ2v) is 6.40. The van der Waals surface area contributed by atoms with Crippen LogP contribution in [-0.2, 0) is 20.5 Å². The molecule has 0 aliphatic carbocycles. The van der Waals surface area contributed by atoms with Crippen molar-refractivity contribution in [3.63, 3.8) is 0 Å². The summed E-state index contributed by atoms with van der Waals surface area (Å²) in [5.41, 5.74) is -0.993. The molecule has 1 fully saturated rings. The number of hydrogen-bond donors (Lipinski definition) is 0. The average Bonchev–Trinajstić information content (AvgIpc) is 3.01. The number of nitriles is 1. The Kier molecular flexibility index (Phi) is 4.44. The van der Waals surface area contributed by atoms with Crippen molar-refractivity contribution in [2.24, 2.45) is 20.0 Å². The Balaban J connectivity index is 1.93. The van der Waals surface area contributed by atoms with E-state index in [0.717, 1.165) is 17.4 Å². The molecular formula is C16H20N6O3. The molecule has 1 saturated heterocycles. The van der Waals surface area contributed by atoms with Crippen LogP contribution in [0.4, 0.5) is 5.82 Å². The summed E-state index contributed by atoms with van der Waals surface area (Å²) in [5.74, 6) is 1.84. The molecule has 0 aromatic carbocycles. The van der Waals surface area contributed by atoms with Gasteiger partial charge in [-0.25, -0.2) is 4.79 Å². The SMILES string of the molecule is Cc1nc(CC2CCCN(c3c(C#N)c(=O)n(C)c(=O)n3C)C2)no1. The molecule has 0 N–H and O–H groups in total. The predicted molar refractivity (Wildman–Crippen MR) is 89.3 cm³/mol. The van der Waals surface area contributed by atoms with Crippen LogP contribution in [0.3, 0.4) is 0 Å². The second kappa shape index (κ2) is 6.55. The van der Waals surface area contributed by atoms with Crippen LogP contribution in [0.2, 0.25) is 0 Å². The minimum Gasteiger partial charge on any atom is -0.356 e. The van der Waals surface area contributed by atoms with Gasteiger partial charge in [0, 0.05) is 40.5 Å². The van der Waals surface area contributed by atoms with Crippen molar-refractivity contribution in [1.82, 2.24) is 19.3 Å². The van der Waals surface area contributed by atoms with Crippen LogP contribution in [0.25, 0.3) is 0 Å². The Morgan fingerprint density at radius 1 is 1.32 bits per heavy atom. The molecule has 2 aromatic heterocycles. The summed E-state index contributed by atoms with van der Waals surface area (Å²) < 4.78 is 7.35. The maximum atomic E-state index is 12.3. The van der Waals surface area contributed by atoms with E-state index < -0.39 is 11.2 Å². The van der Waals surface area contributed by atoms with Gasteiger partial charge in [-0.1, -0.05) is 5.16 Å². The molecule has 1 unspecified atom stereocenters. The van der Waals surface area contributed by atoms with Gasteiger partial charge in [-0.15, -0.1) is 0 Å². The van der Waals surface area contributed by atoms with E-state index in [1.807, 2.05) is 11.0 Å². The van der Waals surface area contributed by atoms with Gasteiger partial charge in [-0.2, -0.15) is 10.2 Å². The maximum Gasteiger partial charge on any atom is 0.332 e. The van der Waals surface area contributed by atoms with Crippen LogP contribution < -0.4 is 16.1 Å². The summed E-state index contributed by atoms with van der Waals surface area (Å²) in [4.78, 5) is 30.7. The molecule has 3 rings (SSSR count). The third kappa shape index (κ3) is 3.07. The molecule has 1 aliphatic rings. The van der Waals surface area contributed by atoms with E-state index in [2.05, 4.69) is 10.1 Å². The van der Waals surface area contributed by atoms with Gasteiger partial charge in [0.1, 0.15) is 11.9 Å². The van der Waals surface area contributed by atoms with Gasteiger partial charge in [0.2, 0.25) is 5.89 Å². The predicted octanol–water partition coefficient (Wildman–Crippen LogP) is 0.106. The maximum absolute atomic E-state index is 12.3. The molecular weight excluding hydrogens is 324 g/mol. The standard InChI is InChI=1S/C16H20N6O3/c1-10-18-13(19-25-10)7-11-5-4-6-22(9-11)14-12(8-17)15(23)21(3)16(24)20(14)2/h11H,4-7,9H2,1-3H3. The van der Waals surface area contributed by atoms with Crippen molar-refractivity contribution in [2.45, 2.75) is 26.2 Å². The van der Waals surface area contributed by atoms with Crippen LogP contribution in [0.5, 0.6) is 0 Å². The highest BCUT2D eigenvalue weighted by Gasteiger charge is 2.27. The highest BCUT2D eigenvalue weighted by Crippen LogP contribution is 2.25. The van der Waals surface area contributed by atoms with Gasteiger partial charge < -0.3 is 9.42 Å². The van der Waals surface area contributed by atoms with Gasteiger partial charge in [-0.3, -0.25) is 13.9 Å². The lowest BCUT2D eigenvalue weighted by Crippen LogP contribution is -2.45. The van der Waals surface area contributed by atoms with E-state index in [1.54, 1.807) is 14.0 Å². The third-order valence-corrected chi connectivity index (χ3v) is 4.60. The van der Waals surface area contributed by atoms with E-state index in [-0.39, 0.29) is 11.5 Å². The first-order valence-electron chi connectivity index (χ1n) is 8.16. The number of aromatic nitrogens is 4. The van der Waals surface area contributed by atoms with Crippen molar-refractivity contribution in [3.8, 4) is 6.07 Å². The first kappa shape index (κ1) is 17.0. The van der Waals surface area contributed by atoms with E-state index in [0.29, 0.717) is 37.0 Å². The largest absolute Gasteiger partial charge is 0.356 e. The van der Waals surface area contributed by atoms with E-state index in [1.165, 1.54) is 11.6 Å². The minimum absolute atomic E-state index is 0.000607. The summed E-state index contributed by atoms with van der Waals surface area (Å²) in [6, 6.07) is 1.96. The Morgan fingerprint density at radius 2 is 2.08 bits per heavy atom. The smallest absolute Gasteiger partial charge is 0.332 e. The Labute approximate surface area is 144 Å². The fourth-order valence-corrected chi connectivity index (χ4v) is 3.41.